The highest BCUT2D eigenvalue weighted by Crippen LogP contribution is 2.27. The summed E-state index contributed by atoms with van der Waals surface area (Å²) in [5.74, 6) is 0.971. The van der Waals surface area contributed by atoms with Crippen LogP contribution in [0.25, 0.3) is 10.8 Å². The van der Waals surface area contributed by atoms with Crippen molar-refractivity contribution in [2.75, 3.05) is 44.6 Å². The van der Waals surface area contributed by atoms with E-state index in [4.69, 9.17) is 0 Å². The Kier molecular flexibility index (Phi) is 4.50. The van der Waals surface area contributed by atoms with E-state index >= 15 is 0 Å². The average Bonchev–Trinajstić information content (AvgIpc) is 2.49. The minimum Gasteiger partial charge on any atom is -0.368 e. The highest BCUT2D eigenvalue weighted by molar-refractivity contribution is 9.10. The van der Waals surface area contributed by atoms with E-state index < -0.39 is 0 Å². The Morgan fingerprint density at radius 3 is 2.90 bits per heavy atom. The Morgan fingerprint density at radius 1 is 1.20 bits per heavy atom. The predicted octanol–water partition coefficient (Wildman–Crippen LogP) is 2.31. The molecule has 0 amide bonds. The molecule has 0 unspecified atom stereocenters. The Morgan fingerprint density at radius 2 is 2.05 bits per heavy atom. The van der Waals surface area contributed by atoms with Gasteiger partial charge in [-0.2, -0.15) is 0 Å². The second kappa shape index (κ2) is 6.52. The smallest absolute Gasteiger partial charge is 0.133 e. The molecule has 0 saturated carbocycles. The van der Waals surface area contributed by atoms with Gasteiger partial charge in [0.1, 0.15) is 5.82 Å². The molecular weight excluding hydrogens is 316 g/mol. The first kappa shape index (κ1) is 13.8. The van der Waals surface area contributed by atoms with Gasteiger partial charge in [0.05, 0.1) is 0 Å². The van der Waals surface area contributed by atoms with E-state index in [1.807, 2.05) is 12.3 Å². The van der Waals surface area contributed by atoms with Crippen molar-refractivity contribution in [3.8, 4) is 0 Å². The van der Waals surface area contributed by atoms with Gasteiger partial charge in [0.25, 0.3) is 0 Å². The lowest BCUT2D eigenvalue weighted by molar-refractivity contribution is 0.249. The van der Waals surface area contributed by atoms with Gasteiger partial charge >= 0.3 is 0 Å². The van der Waals surface area contributed by atoms with E-state index in [0.29, 0.717) is 0 Å². The number of pyridine rings is 1. The van der Waals surface area contributed by atoms with Gasteiger partial charge in [-0.3, -0.25) is 4.90 Å². The molecule has 1 aromatic carbocycles. The number of hydrogen-bond acceptors (Lipinski definition) is 4. The minimum absolute atomic E-state index is 0.929. The van der Waals surface area contributed by atoms with E-state index in [1.54, 1.807) is 0 Å². The first-order valence-corrected chi connectivity index (χ1v) is 7.84. The number of benzene rings is 1. The summed E-state index contributed by atoms with van der Waals surface area (Å²) in [5, 5.41) is 9.21. The maximum atomic E-state index is 4.47. The van der Waals surface area contributed by atoms with Gasteiger partial charge in [0.2, 0.25) is 0 Å². The van der Waals surface area contributed by atoms with Crippen molar-refractivity contribution in [2.24, 2.45) is 0 Å². The highest BCUT2D eigenvalue weighted by Gasteiger charge is 2.09. The van der Waals surface area contributed by atoms with E-state index in [2.05, 4.69) is 54.6 Å². The van der Waals surface area contributed by atoms with Gasteiger partial charge < -0.3 is 10.6 Å². The second-order valence-electron chi connectivity index (χ2n) is 5.01. The quantitative estimate of drug-likeness (QED) is 0.900. The van der Waals surface area contributed by atoms with Gasteiger partial charge in [-0.25, -0.2) is 4.98 Å². The van der Waals surface area contributed by atoms with Gasteiger partial charge in [0, 0.05) is 60.7 Å². The molecule has 1 fully saturated rings. The van der Waals surface area contributed by atoms with Crippen molar-refractivity contribution in [1.82, 2.24) is 15.2 Å². The molecule has 4 nitrogen and oxygen atoms in total. The van der Waals surface area contributed by atoms with Crippen molar-refractivity contribution in [2.45, 2.75) is 0 Å². The standard InChI is InChI=1S/C15H19BrN4/c16-14-3-1-2-13-12(14)4-5-18-15(13)19-8-11-20-9-6-17-7-10-20/h1-5,17H,6-11H2,(H,18,19). The number of halogens is 1. The number of nitrogens with zero attached hydrogens (tertiary/aromatic N) is 2. The largest absolute Gasteiger partial charge is 0.368 e. The van der Waals surface area contributed by atoms with E-state index in [1.165, 1.54) is 10.8 Å². The lowest BCUT2D eigenvalue weighted by Gasteiger charge is -2.27. The number of piperazine rings is 1. The zero-order chi connectivity index (χ0) is 13.8. The molecule has 2 aromatic rings. The van der Waals surface area contributed by atoms with Crippen LogP contribution in [-0.4, -0.2) is 49.2 Å². The highest BCUT2D eigenvalue weighted by atomic mass is 79.9. The average molecular weight is 335 g/mol. The Balaban J connectivity index is 1.66. The number of rotatable bonds is 4. The fraction of sp³-hybridized carbons (Fsp3) is 0.400. The van der Waals surface area contributed by atoms with Gasteiger partial charge in [-0.15, -0.1) is 0 Å². The van der Waals surface area contributed by atoms with Crippen LogP contribution in [0.3, 0.4) is 0 Å². The molecule has 106 valence electrons. The van der Waals surface area contributed by atoms with Crippen LogP contribution in [0.15, 0.2) is 34.9 Å². The van der Waals surface area contributed by atoms with Crippen molar-refractivity contribution in [1.29, 1.82) is 0 Å². The maximum Gasteiger partial charge on any atom is 0.133 e. The summed E-state index contributed by atoms with van der Waals surface area (Å²) >= 11 is 3.59. The molecule has 2 N–H and O–H groups in total. The van der Waals surface area contributed by atoms with Crippen LogP contribution in [0.1, 0.15) is 0 Å². The third-order valence-electron chi connectivity index (χ3n) is 3.68. The summed E-state index contributed by atoms with van der Waals surface area (Å²) < 4.78 is 1.11. The fourth-order valence-corrected chi connectivity index (χ4v) is 3.08. The summed E-state index contributed by atoms with van der Waals surface area (Å²) in [6.45, 7) is 6.46. The first-order valence-electron chi connectivity index (χ1n) is 7.05. The van der Waals surface area contributed by atoms with Gasteiger partial charge in [-0.1, -0.05) is 28.1 Å². The van der Waals surface area contributed by atoms with Crippen LogP contribution in [0.5, 0.6) is 0 Å². The maximum absolute atomic E-state index is 4.47. The number of fused-ring (bicyclic) bond motifs is 1. The monoisotopic (exact) mass is 334 g/mol. The topological polar surface area (TPSA) is 40.2 Å². The third kappa shape index (κ3) is 3.11. The molecule has 1 aromatic heterocycles. The van der Waals surface area contributed by atoms with Crippen molar-refractivity contribution in [3.63, 3.8) is 0 Å². The van der Waals surface area contributed by atoms with E-state index in [0.717, 1.165) is 49.6 Å². The van der Waals surface area contributed by atoms with Crippen LogP contribution in [0.4, 0.5) is 5.82 Å². The third-order valence-corrected chi connectivity index (χ3v) is 4.37. The molecule has 1 saturated heterocycles. The molecule has 5 heteroatoms. The van der Waals surface area contributed by atoms with Crippen LogP contribution in [-0.2, 0) is 0 Å². The molecule has 0 spiro atoms. The molecule has 0 radical (unpaired) electrons. The van der Waals surface area contributed by atoms with Crippen LogP contribution in [0.2, 0.25) is 0 Å². The second-order valence-corrected chi connectivity index (χ2v) is 5.87. The first-order chi connectivity index (χ1) is 9.84. The molecule has 20 heavy (non-hydrogen) atoms. The Bertz CT molecular complexity index is 581. The van der Waals surface area contributed by atoms with Crippen LogP contribution < -0.4 is 10.6 Å². The SMILES string of the molecule is Brc1cccc2c(NCCN3CCNCC3)nccc12. The zero-order valence-electron chi connectivity index (χ0n) is 11.4. The van der Waals surface area contributed by atoms with Crippen molar-refractivity contribution < 1.29 is 0 Å². The molecule has 0 atom stereocenters. The molecule has 3 rings (SSSR count). The predicted molar refractivity (Wildman–Crippen MR) is 87.2 cm³/mol. The fourth-order valence-electron chi connectivity index (χ4n) is 2.58. The molecule has 0 bridgehead atoms. The summed E-state index contributed by atoms with van der Waals surface area (Å²) in [7, 11) is 0. The Labute approximate surface area is 127 Å². The summed E-state index contributed by atoms with van der Waals surface area (Å²) in [4.78, 5) is 6.94. The summed E-state index contributed by atoms with van der Waals surface area (Å²) in [6, 6.07) is 8.27. The zero-order valence-corrected chi connectivity index (χ0v) is 13.0. The van der Waals surface area contributed by atoms with Crippen molar-refractivity contribution in [3.05, 3.63) is 34.9 Å². The molecule has 0 aliphatic carbocycles. The number of nitrogens with one attached hydrogen (secondary N) is 2. The molecular formula is C15H19BrN4. The lowest BCUT2D eigenvalue weighted by Crippen LogP contribution is -2.45. The van der Waals surface area contributed by atoms with E-state index in [-0.39, 0.29) is 0 Å². The van der Waals surface area contributed by atoms with Gasteiger partial charge in [-0.05, 0) is 12.1 Å². The van der Waals surface area contributed by atoms with Crippen LogP contribution in [0, 0.1) is 0 Å². The molecule has 1 aliphatic heterocycles. The molecule has 1 aliphatic rings. The normalized spacial score (nSPS) is 16.4. The van der Waals surface area contributed by atoms with E-state index in [9.17, 15) is 0 Å². The number of hydrogen-bond donors (Lipinski definition) is 2. The Hall–Kier alpha value is -1.17. The van der Waals surface area contributed by atoms with Crippen molar-refractivity contribution >= 4 is 32.5 Å². The summed E-state index contributed by atoms with van der Waals surface area (Å²) in [5.41, 5.74) is 0. The minimum atomic E-state index is 0.929. The summed E-state index contributed by atoms with van der Waals surface area (Å²) in [6.07, 6.45) is 1.86. The number of anilines is 1. The number of aromatic nitrogens is 1. The molecule has 2 heterocycles. The van der Waals surface area contributed by atoms with Gasteiger partial charge in [0.15, 0.2) is 0 Å². The van der Waals surface area contributed by atoms with Crippen LogP contribution >= 0.6 is 15.9 Å². The lowest BCUT2D eigenvalue weighted by atomic mass is 10.1.